The number of esters is 1. The SMILES string of the molecule is C=C(C(=O)O)C(CC(=O)O)C(=O)OCCCC. The third-order valence-corrected chi connectivity index (χ3v) is 2.10. The third kappa shape index (κ3) is 5.70. The lowest BCUT2D eigenvalue weighted by Crippen LogP contribution is -2.26. The van der Waals surface area contributed by atoms with Crippen LogP contribution >= 0.6 is 0 Å². The zero-order valence-electron chi connectivity index (χ0n) is 9.64. The highest BCUT2D eigenvalue weighted by Crippen LogP contribution is 2.16. The van der Waals surface area contributed by atoms with Crippen molar-refractivity contribution in [1.82, 2.24) is 0 Å². The fourth-order valence-corrected chi connectivity index (χ4v) is 1.09. The monoisotopic (exact) mass is 244 g/mol. The second kappa shape index (κ2) is 7.43. The summed E-state index contributed by atoms with van der Waals surface area (Å²) in [6.07, 6.45) is 0.831. The summed E-state index contributed by atoms with van der Waals surface area (Å²) in [6.45, 7) is 5.25. The maximum Gasteiger partial charge on any atom is 0.331 e. The van der Waals surface area contributed by atoms with Crippen molar-refractivity contribution in [1.29, 1.82) is 0 Å². The second-order valence-corrected chi connectivity index (χ2v) is 3.50. The summed E-state index contributed by atoms with van der Waals surface area (Å²) in [5.74, 6) is -4.86. The minimum Gasteiger partial charge on any atom is -0.481 e. The van der Waals surface area contributed by atoms with E-state index in [1.165, 1.54) is 0 Å². The average molecular weight is 244 g/mol. The van der Waals surface area contributed by atoms with E-state index in [9.17, 15) is 14.4 Å². The van der Waals surface area contributed by atoms with Gasteiger partial charge >= 0.3 is 17.9 Å². The molecule has 1 atom stereocenters. The van der Waals surface area contributed by atoms with E-state index < -0.39 is 35.8 Å². The highest BCUT2D eigenvalue weighted by molar-refractivity contribution is 5.95. The minimum absolute atomic E-state index is 0.151. The molecule has 0 spiro atoms. The van der Waals surface area contributed by atoms with Crippen LogP contribution in [-0.4, -0.2) is 34.7 Å². The van der Waals surface area contributed by atoms with E-state index in [-0.39, 0.29) is 6.61 Å². The lowest BCUT2D eigenvalue weighted by molar-refractivity contribution is -0.153. The van der Waals surface area contributed by atoms with E-state index in [1.807, 2.05) is 6.92 Å². The summed E-state index contributed by atoms with van der Waals surface area (Å²) in [7, 11) is 0. The van der Waals surface area contributed by atoms with Crippen molar-refractivity contribution in [3.63, 3.8) is 0 Å². The highest BCUT2D eigenvalue weighted by atomic mass is 16.5. The minimum atomic E-state index is -1.40. The van der Waals surface area contributed by atoms with Crippen LogP contribution in [0.1, 0.15) is 26.2 Å². The number of rotatable bonds is 8. The van der Waals surface area contributed by atoms with Gasteiger partial charge in [-0.25, -0.2) is 4.79 Å². The Morgan fingerprint density at radius 2 is 1.88 bits per heavy atom. The van der Waals surface area contributed by atoms with Crippen molar-refractivity contribution in [3.05, 3.63) is 12.2 Å². The van der Waals surface area contributed by atoms with Crippen molar-refractivity contribution in [2.24, 2.45) is 5.92 Å². The van der Waals surface area contributed by atoms with Crippen LogP contribution < -0.4 is 0 Å². The van der Waals surface area contributed by atoms with E-state index in [4.69, 9.17) is 14.9 Å². The Bertz CT molecular complexity index is 320. The second-order valence-electron chi connectivity index (χ2n) is 3.50. The molecule has 96 valence electrons. The van der Waals surface area contributed by atoms with E-state index in [1.54, 1.807) is 0 Å². The molecule has 0 heterocycles. The Kier molecular flexibility index (Phi) is 6.62. The topological polar surface area (TPSA) is 101 Å². The number of aliphatic carboxylic acids is 2. The molecule has 0 bridgehead atoms. The number of hydrogen-bond acceptors (Lipinski definition) is 4. The molecule has 0 aromatic rings. The van der Waals surface area contributed by atoms with Crippen molar-refractivity contribution in [2.75, 3.05) is 6.61 Å². The van der Waals surface area contributed by atoms with Gasteiger partial charge in [-0.2, -0.15) is 0 Å². The van der Waals surface area contributed by atoms with E-state index in [0.717, 1.165) is 6.42 Å². The molecule has 2 N–H and O–H groups in total. The van der Waals surface area contributed by atoms with Crippen molar-refractivity contribution >= 4 is 17.9 Å². The van der Waals surface area contributed by atoms with Crippen LogP contribution in [0.5, 0.6) is 0 Å². The fraction of sp³-hybridized carbons (Fsp3) is 0.545. The van der Waals surface area contributed by atoms with E-state index in [0.29, 0.717) is 6.42 Å². The number of carboxylic acid groups (broad SMARTS) is 2. The zero-order chi connectivity index (χ0) is 13.4. The molecular weight excluding hydrogens is 228 g/mol. The molecule has 0 aliphatic heterocycles. The molecule has 0 saturated carbocycles. The quantitative estimate of drug-likeness (QED) is 0.376. The molecule has 0 rings (SSSR count). The molecule has 0 fully saturated rings. The molecule has 0 aliphatic carbocycles. The smallest absolute Gasteiger partial charge is 0.331 e. The fourth-order valence-electron chi connectivity index (χ4n) is 1.09. The summed E-state index contributed by atoms with van der Waals surface area (Å²) in [4.78, 5) is 32.7. The molecule has 0 aromatic carbocycles. The van der Waals surface area contributed by atoms with Gasteiger partial charge in [-0.1, -0.05) is 19.9 Å². The number of carbonyl (C=O) groups excluding carboxylic acids is 1. The molecule has 0 radical (unpaired) electrons. The summed E-state index contributed by atoms with van der Waals surface area (Å²) in [6, 6.07) is 0. The third-order valence-electron chi connectivity index (χ3n) is 2.10. The van der Waals surface area contributed by atoms with Crippen LogP contribution in [-0.2, 0) is 19.1 Å². The van der Waals surface area contributed by atoms with Gasteiger partial charge in [0.1, 0.15) is 0 Å². The van der Waals surface area contributed by atoms with Gasteiger partial charge in [0.2, 0.25) is 0 Å². The molecular formula is C11H16O6. The molecule has 0 saturated heterocycles. The van der Waals surface area contributed by atoms with Crippen LogP contribution in [0.25, 0.3) is 0 Å². The Labute approximate surface area is 98.9 Å². The molecule has 1 unspecified atom stereocenters. The number of ether oxygens (including phenoxy) is 1. The van der Waals surface area contributed by atoms with Crippen molar-refractivity contribution in [2.45, 2.75) is 26.2 Å². The molecule has 0 aromatic heterocycles. The Morgan fingerprint density at radius 1 is 1.29 bits per heavy atom. The largest absolute Gasteiger partial charge is 0.481 e. The van der Waals surface area contributed by atoms with Gasteiger partial charge in [-0.15, -0.1) is 0 Å². The summed E-state index contributed by atoms with van der Waals surface area (Å²) < 4.78 is 4.79. The summed E-state index contributed by atoms with van der Waals surface area (Å²) >= 11 is 0. The maximum atomic E-state index is 11.5. The standard InChI is InChI=1S/C11H16O6/c1-3-4-5-17-11(16)8(6-9(12)13)7(2)10(14)15/h8H,2-6H2,1H3,(H,12,13)(H,14,15). The van der Waals surface area contributed by atoms with Crippen LogP contribution in [0, 0.1) is 5.92 Å². The summed E-state index contributed by atoms with van der Waals surface area (Å²) in [5.41, 5.74) is -0.464. The van der Waals surface area contributed by atoms with E-state index >= 15 is 0 Å². The van der Waals surface area contributed by atoms with E-state index in [2.05, 4.69) is 6.58 Å². The number of carboxylic acids is 2. The predicted octanol–water partition coefficient (Wildman–Crippen LogP) is 1.06. The number of carbonyl (C=O) groups is 3. The normalized spacial score (nSPS) is 11.6. The number of hydrogen-bond donors (Lipinski definition) is 2. The highest BCUT2D eigenvalue weighted by Gasteiger charge is 2.29. The van der Waals surface area contributed by atoms with Crippen molar-refractivity contribution < 1.29 is 29.3 Å². The van der Waals surface area contributed by atoms with Crippen LogP contribution in [0.15, 0.2) is 12.2 Å². The first-order chi connectivity index (χ1) is 7.90. The average Bonchev–Trinajstić information content (AvgIpc) is 2.24. The molecule has 0 aliphatic rings. The van der Waals surface area contributed by atoms with Crippen LogP contribution in [0.2, 0.25) is 0 Å². The first-order valence-electron chi connectivity index (χ1n) is 5.20. The maximum absolute atomic E-state index is 11.5. The molecule has 17 heavy (non-hydrogen) atoms. The van der Waals surface area contributed by atoms with Crippen LogP contribution in [0.3, 0.4) is 0 Å². The summed E-state index contributed by atoms with van der Waals surface area (Å²) in [5, 5.41) is 17.3. The van der Waals surface area contributed by atoms with Gasteiger partial charge in [0.05, 0.1) is 18.9 Å². The van der Waals surface area contributed by atoms with Gasteiger partial charge in [-0.05, 0) is 6.42 Å². The number of unbranched alkanes of at least 4 members (excludes halogenated alkanes) is 1. The zero-order valence-corrected chi connectivity index (χ0v) is 9.64. The first-order valence-corrected chi connectivity index (χ1v) is 5.20. The lowest BCUT2D eigenvalue weighted by atomic mass is 9.97. The van der Waals surface area contributed by atoms with Gasteiger partial charge in [0.15, 0.2) is 0 Å². The van der Waals surface area contributed by atoms with Gasteiger partial charge in [0, 0.05) is 5.57 Å². The van der Waals surface area contributed by atoms with Gasteiger partial charge < -0.3 is 14.9 Å². The molecule has 0 amide bonds. The van der Waals surface area contributed by atoms with Gasteiger partial charge in [0.25, 0.3) is 0 Å². The van der Waals surface area contributed by atoms with Crippen molar-refractivity contribution in [3.8, 4) is 0 Å². The van der Waals surface area contributed by atoms with Crippen LogP contribution in [0.4, 0.5) is 0 Å². The Balaban J connectivity index is 4.56. The molecule has 6 heteroatoms. The molecule has 6 nitrogen and oxygen atoms in total. The lowest BCUT2D eigenvalue weighted by Gasteiger charge is -2.13. The first kappa shape index (κ1) is 15.2. The predicted molar refractivity (Wildman–Crippen MR) is 58.4 cm³/mol. The van der Waals surface area contributed by atoms with Gasteiger partial charge in [-0.3, -0.25) is 9.59 Å². The Hall–Kier alpha value is -1.85. The Morgan fingerprint density at radius 3 is 2.29 bits per heavy atom.